The topological polar surface area (TPSA) is 27.7 Å². The van der Waals surface area contributed by atoms with Crippen LogP contribution in [0.5, 0.6) is 0 Å². The molecule has 0 unspecified atom stereocenters. The van der Waals surface area contributed by atoms with Gasteiger partial charge in [-0.2, -0.15) is 0 Å². The molecule has 0 aromatic carbocycles. The first-order valence-electron chi connectivity index (χ1n) is 4.10. The molecule has 19 heavy (non-hydrogen) atoms. The Hall–Kier alpha value is -0.211. The Morgan fingerprint density at radius 3 is 1.16 bits per heavy atom. The van der Waals surface area contributed by atoms with Crippen LogP contribution in [0.1, 0.15) is 0 Å². The number of hydrogen-bond acceptors (Lipinski definition) is 3. The third-order valence-corrected chi connectivity index (χ3v) is 8.10. The van der Waals surface area contributed by atoms with Crippen molar-refractivity contribution in [3.63, 3.8) is 0 Å². The Morgan fingerprint density at radius 2 is 1.00 bits per heavy atom. The average Bonchev–Trinajstić information content (AvgIpc) is 1.90. The molecule has 0 aliphatic heterocycles. The maximum absolute atomic E-state index is 11.9. The number of allylic oxidation sites excluding steroid dienone is 1. The summed E-state index contributed by atoms with van der Waals surface area (Å²) in [6.45, 7) is 2.75. The van der Waals surface area contributed by atoms with Gasteiger partial charge in [0.1, 0.15) is 0 Å². The zero-order chi connectivity index (χ0) is 15.5. The van der Waals surface area contributed by atoms with Gasteiger partial charge in [0, 0.05) is 0 Å². The van der Waals surface area contributed by atoms with Crippen molar-refractivity contribution < 1.29 is 48.7 Å². The quantitative estimate of drug-likeness (QED) is 0.390. The van der Waals surface area contributed by atoms with Gasteiger partial charge in [-0.15, -0.1) is 0 Å². The van der Waals surface area contributed by atoms with E-state index in [9.17, 15) is 39.5 Å². The van der Waals surface area contributed by atoms with Crippen LogP contribution in [0.4, 0.5) is 39.5 Å². The first-order valence-corrected chi connectivity index (χ1v) is 9.61. The summed E-state index contributed by atoms with van der Waals surface area (Å²) < 4.78 is 114. The van der Waals surface area contributed by atoms with Crippen molar-refractivity contribution in [3.8, 4) is 0 Å². The Balaban J connectivity index is 5.40. The second kappa shape index (κ2) is 6.05. The van der Waals surface area contributed by atoms with Crippen molar-refractivity contribution in [2.24, 2.45) is 0 Å². The van der Waals surface area contributed by atoms with Crippen molar-refractivity contribution in [3.05, 3.63) is 12.7 Å². The monoisotopic (exact) mass is 416 g/mol. The summed E-state index contributed by atoms with van der Waals surface area (Å²) in [5.74, 6) is 0. The van der Waals surface area contributed by atoms with E-state index in [-0.39, 0.29) is 0 Å². The number of alkyl halides is 9. The molecule has 0 saturated carbocycles. The minimum atomic E-state index is -7.07. The van der Waals surface area contributed by atoms with Gasteiger partial charge in [-0.25, -0.2) is 0 Å². The SMILES string of the molecule is C=C[CH2][Sn]([O]C(F)(F)F)([O]C(F)(F)F)[O]C(F)(F)F. The fourth-order valence-electron chi connectivity index (χ4n) is 0.893. The molecule has 0 rings (SSSR count). The molecule has 0 radical (unpaired) electrons. The van der Waals surface area contributed by atoms with Gasteiger partial charge >= 0.3 is 105 Å². The van der Waals surface area contributed by atoms with Gasteiger partial charge in [0.2, 0.25) is 0 Å². The first-order chi connectivity index (χ1) is 8.18. The molecule has 0 bridgehead atoms. The second-order valence-electron chi connectivity index (χ2n) is 2.82. The van der Waals surface area contributed by atoms with Crippen LogP contribution in [0.15, 0.2) is 12.7 Å². The minimum absolute atomic E-state index is 0.360. The first kappa shape index (κ1) is 18.8. The fourth-order valence-corrected chi connectivity index (χ4v) is 5.99. The van der Waals surface area contributed by atoms with Gasteiger partial charge in [0.15, 0.2) is 0 Å². The number of hydrogen-bond donors (Lipinski definition) is 0. The van der Waals surface area contributed by atoms with Crippen LogP contribution in [0.25, 0.3) is 0 Å². The van der Waals surface area contributed by atoms with E-state index in [4.69, 9.17) is 0 Å². The molecule has 0 N–H and O–H groups in total. The van der Waals surface area contributed by atoms with E-state index in [0.717, 1.165) is 0 Å². The normalized spacial score (nSPS) is 14.6. The molecule has 0 heterocycles. The van der Waals surface area contributed by atoms with E-state index < -0.39 is 43.1 Å². The molecule has 0 amide bonds. The number of halogens is 9. The third-order valence-electron chi connectivity index (χ3n) is 1.21. The number of rotatable bonds is 5. The van der Waals surface area contributed by atoms with Gasteiger partial charge in [0.05, 0.1) is 0 Å². The van der Waals surface area contributed by atoms with E-state index in [1.54, 1.807) is 0 Å². The van der Waals surface area contributed by atoms with Crippen molar-refractivity contribution >= 4 is 19.6 Å². The van der Waals surface area contributed by atoms with Crippen molar-refractivity contribution in [1.29, 1.82) is 0 Å². The Labute approximate surface area is 105 Å². The van der Waals surface area contributed by atoms with Crippen LogP contribution in [0, 0.1) is 0 Å². The summed E-state index contributed by atoms with van der Waals surface area (Å²) in [6.07, 6.45) is -17.0. The molecule has 0 aliphatic carbocycles. The predicted molar refractivity (Wildman–Crippen MR) is 42.2 cm³/mol. The van der Waals surface area contributed by atoms with Crippen LogP contribution in [-0.2, 0) is 9.22 Å². The summed E-state index contributed by atoms with van der Waals surface area (Å²) in [4.78, 5) is 0. The fraction of sp³-hybridized carbons (Fsp3) is 0.667. The van der Waals surface area contributed by atoms with Crippen LogP contribution >= 0.6 is 0 Å². The summed E-state index contributed by atoms with van der Waals surface area (Å²) in [7, 11) is 0. The summed E-state index contributed by atoms with van der Waals surface area (Å²) in [5, 5.41) is 0. The molecule has 0 saturated heterocycles. The Morgan fingerprint density at radius 1 is 0.737 bits per heavy atom. The van der Waals surface area contributed by atoms with Gasteiger partial charge in [-0.05, 0) is 0 Å². The zero-order valence-corrected chi connectivity index (χ0v) is 11.5. The molecule has 0 aromatic rings. The second-order valence-corrected chi connectivity index (χ2v) is 9.63. The van der Waals surface area contributed by atoms with Gasteiger partial charge in [-0.1, -0.05) is 0 Å². The van der Waals surface area contributed by atoms with Crippen molar-refractivity contribution in [1.82, 2.24) is 0 Å². The van der Waals surface area contributed by atoms with Crippen LogP contribution in [0.2, 0.25) is 4.44 Å². The maximum atomic E-state index is 11.9. The van der Waals surface area contributed by atoms with Gasteiger partial charge < -0.3 is 0 Å². The van der Waals surface area contributed by atoms with Crippen molar-refractivity contribution in [2.75, 3.05) is 0 Å². The summed E-state index contributed by atoms with van der Waals surface area (Å²) in [6, 6.07) is 0. The standard InChI is InChI=1S/C3H5.3CF3O.Sn/c1-3-2;3*2-1(3,4)5;/h3H,1-2H2;;;;/q;3*-1;+3. The molecule has 0 spiro atoms. The van der Waals surface area contributed by atoms with E-state index in [1.807, 2.05) is 0 Å². The Bertz CT molecular complexity index is 266. The van der Waals surface area contributed by atoms with Crippen LogP contribution in [-0.4, -0.2) is 38.7 Å². The third kappa shape index (κ3) is 9.34. The Kier molecular flexibility index (Phi) is 5.98. The molecule has 0 aromatic heterocycles. The molecule has 114 valence electrons. The predicted octanol–water partition coefficient (Wildman–Crippen LogP) is 3.72. The van der Waals surface area contributed by atoms with E-state index in [1.165, 1.54) is 0 Å². The van der Waals surface area contributed by atoms with Gasteiger partial charge in [-0.3, -0.25) is 0 Å². The van der Waals surface area contributed by atoms with Crippen LogP contribution in [0.3, 0.4) is 0 Å². The summed E-state index contributed by atoms with van der Waals surface area (Å²) >= 11 is -7.07. The molecular weight excluding hydrogens is 410 g/mol. The molecule has 0 fully saturated rings. The van der Waals surface area contributed by atoms with E-state index >= 15 is 0 Å². The van der Waals surface area contributed by atoms with E-state index in [0.29, 0.717) is 6.08 Å². The van der Waals surface area contributed by atoms with Crippen LogP contribution < -0.4 is 0 Å². The molecule has 13 heteroatoms. The zero-order valence-electron chi connectivity index (χ0n) is 8.62. The molecule has 3 nitrogen and oxygen atoms in total. The molecule has 0 aliphatic rings. The van der Waals surface area contributed by atoms with Gasteiger partial charge in [0.25, 0.3) is 0 Å². The van der Waals surface area contributed by atoms with E-state index in [2.05, 4.69) is 15.8 Å². The summed E-state index contributed by atoms with van der Waals surface area (Å²) in [5.41, 5.74) is 0. The average molecular weight is 415 g/mol. The van der Waals surface area contributed by atoms with Crippen molar-refractivity contribution in [2.45, 2.75) is 23.5 Å². The molecular formula is C6H5F9O3Sn. The molecule has 0 atom stereocenters.